The molecule has 1 heterocycles. The molecule has 1 aromatic rings. The summed E-state index contributed by atoms with van der Waals surface area (Å²) in [6, 6.07) is 8.43. The Labute approximate surface area is 84.5 Å². The average molecular weight is 189 g/mol. The topological polar surface area (TPSA) is 23.5 Å². The fourth-order valence-electron chi connectivity index (χ4n) is 1.73. The van der Waals surface area contributed by atoms with E-state index in [1.54, 1.807) is 0 Å². The normalized spacial score (nSPS) is 14.2. The molecule has 0 aliphatic carbocycles. The summed E-state index contributed by atoms with van der Waals surface area (Å²) >= 11 is 0. The Kier molecular flexibility index (Phi) is 2.84. The van der Waals surface area contributed by atoms with Crippen molar-refractivity contribution in [2.24, 2.45) is 0 Å². The fraction of sp³-hybridized carbons (Fsp3) is 0.333. The first-order valence-electron chi connectivity index (χ1n) is 5.01. The van der Waals surface area contributed by atoms with E-state index in [0.29, 0.717) is 0 Å². The van der Waals surface area contributed by atoms with Gasteiger partial charge in [0.15, 0.2) is 0 Å². The molecule has 0 amide bonds. The first kappa shape index (κ1) is 9.28. The third-order valence-electron chi connectivity index (χ3n) is 2.50. The molecule has 2 heteroatoms. The second kappa shape index (κ2) is 4.29. The lowest BCUT2D eigenvalue weighted by Crippen LogP contribution is -2.21. The van der Waals surface area contributed by atoms with E-state index in [9.17, 15) is 0 Å². The summed E-state index contributed by atoms with van der Waals surface area (Å²) in [7, 11) is 0. The van der Waals surface area contributed by atoms with Gasteiger partial charge in [-0.2, -0.15) is 0 Å². The van der Waals surface area contributed by atoms with Crippen LogP contribution in [-0.2, 0) is 6.54 Å². The van der Waals surface area contributed by atoms with E-state index < -0.39 is 0 Å². The summed E-state index contributed by atoms with van der Waals surface area (Å²) in [5.74, 6) is 0. The summed E-state index contributed by atoms with van der Waals surface area (Å²) in [5, 5.41) is 8.74. The largest absolute Gasteiger partial charge is 0.396 e. The molecule has 0 saturated carbocycles. The van der Waals surface area contributed by atoms with Crippen LogP contribution >= 0.6 is 0 Å². The fourth-order valence-corrected chi connectivity index (χ4v) is 1.73. The molecule has 14 heavy (non-hydrogen) atoms. The molecule has 1 aliphatic heterocycles. The SMILES string of the molecule is OCCCN1C=Cc2ccccc2C1. The molecule has 2 rings (SSSR count). The second-order valence-electron chi connectivity index (χ2n) is 3.56. The van der Waals surface area contributed by atoms with Crippen molar-refractivity contribution in [3.63, 3.8) is 0 Å². The summed E-state index contributed by atoms with van der Waals surface area (Å²) < 4.78 is 0. The predicted octanol–water partition coefficient (Wildman–Crippen LogP) is 1.86. The molecule has 0 spiro atoms. The van der Waals surface area contributed by atoms with E-state index in [4.69, 9.17) is 5.11 Å². The zero-order chi connectivity index (χ0) is 9.80. The lowest BCUT2D eigenvalue weighted by molar-refractivity contribution is 0.256. The van der Waals surface area contributed by atoms with E-state index in [1.807, 2.05) is 0 Å². The number of hydrogen-bond donors (Lipinski definition) is 1. The molecule has 0 radical (unpaired) electrons. The highest BCUT2D eigenvalue weighted by Gasteiger charge is 2.08. The minimum absolute atomic E-state index is 0.270. The number of benzene rings is 1. The Morgan fingerprint density at radius 2 is 2.14 bits per heavy atom. The quantitative estimate of drug-likeness (QED) is 0.784. The standard InChI is InChI=1S/C12H15NO/c14-9-3-7-13-8-6-11-4-1-2-5-12(11)10-13/h1-2,4-6,8,14H,3,7,9-10H2. The van der Waals surface area contributed by atoms with Crippen molar-refractivity contribution >= 4 is 6.08 Å². The van der Waals surface area contributed by atoms with Crippen LogP contribution in [0, 0.1) is 0 Å². The van der Waals surface area contributed by atoms with Crippen molar-refractivity contribution in [1.82, 2.24) is 4.90 Å². The lowest BCUT2D eigenvalue weighted by atomic mass is 10.0. The molecular weight excluding hydrogens is 174 g/mol. The summed E-state index contributed by atoms with van der Waals surface area (Å²) in [4.78, 5) is 2.23. The van der Waals surface area contributed by atoms with Gasteiger partial charge in [-0.05, 0) is 29.8 Å². The second-order valence-corrected chi connectivity index (χ2v) is 3.56. The molecule has 0 atom stereocenters. The highest BCUT2D eigenvalue weighted by atomic mass is 16.3. The Morgan fingerprint density at radius 3 is 3.00 bits per heavy atom. The van der Waals surface area contributed by atoms with Crippen molar-refractivity contribution in [3.05, 3.63) is 41.6 Å². The first-order chi connectivity index (χ1) is 6.90. The summed E-state index contributed by atoms with van der Waals surface area (Å²) in [6.07, 6.45) is 5.08. The minimum Gasteiger partial charge on any atom is -0.396 e. The summed E-state index contributed by atoms with van der Waals surface area (Å²) in [6.45, 7) is 2.17. The van der Waals surface area contributed by atoms with Crippen LogP contribution < -0.4 is 0 Å². The maximum Gasteiger partial charge on any atom is 0.0447 e. The van der Waals surface area contributed by atoms with Crippen molar-refractivity contribution in [3.8, 4) is 0 Å². The van der Waals surface area contributed by atoms with Gasteiger partial charge in [-0.3, -0.25) is 0 Å². The number of nitrogens with zero attached hydrogens (tertiary/aromatic N) is 1. The highest BCUT2D eigenvalue weighted by molar-refractivity contribution is 5.55. The maximum absolute atomic E-state index is 8.74. The predicted molar refractivity (Wildman–Crippen MR) is 57.6 cm³/mol. The van der Waals surface area contributed by atoms with Crippen LogP contribution in [0.5, 0.6) is 0 Å². The molecule has 1 aliphatic rings. The summed E-state index contributed by atoms with van der Waals surface area (Å²) in [5.41, 5.74) is 2.68. The third-order valence-corrected chi connectivity index (χ3v) is 2.50. The van der Waals surface area contributed by atoms with Crippen LogP contribution in [0.25, 0.3) is 6.08 Å². The molecule has 1 N–H and O–H groups in total. The van der Waals surface area contributed by atoms with E-state index in [2.05, 4.69) is 41.4 Å². The van der Waals surface area contributed by atoms with Crippen LogP contribution in [0.3, 0.4) is 0 Å². The molecule has 1 aromatic carbocycles. The monoisotopic (exact) mass is 189 g/mol. The van der Waals surface area contributed by atoms with E-state index in [1.165, 1.54) is 11.1 Å². The van der Waals surface area contributed by atoms with E-state index >= 15 is 0 Å². The van der Waals surface area contributed by atoms with Crippen LogP contribution in [0.4, 0.5) is 0 Å². The van der Waals surface area contributed by atoms with Crippen LogP contribution in [-0.4, -0.2) is 23.2 Å². The Hall–Kier alpha value is -1.28. The van der Waals surface area contributed by atoms with Crippen LogP contribution in [0.1, 0.15) is 17.5 Å². The van der Waals surface area contributed by atoms with Crippen molar-refractivity contribution < 1.29 is 5.11 Å². The zero-order valence-corrected chi connectivity index (χ0v) is 8.19. The van der Waals surface area contributed by atoms with Gasteiger partial charge in [0.1, 0.15) is 0 Å². The molecule has 2 nitrogen and oxygen atoms in total. The van der Waals surface area contributed by atoms with Gasteiger partial charge in [0.25, 0.3) is 0 Å². The lowest BCUT2D eigenvalue weighted by Gasteiger charge is -2.24. The van der Waals surface area contributed by atoms with Gasteiger partial charge in [-0.1, -0.05) is 24.3 Å². The minimum atomic E-state index is 0.270. The van der Waals surface area contributed by atoms with Crippen molar-refractivity contribution in [2.45, 2.75) is 13.0 Å². The molecule has 74 valence electrons. The first-order valence-corrected chi connectivity index (χ1v) is 5.01. The maximum atomic E-state index is 8.74. The number of aliphatic hydroxyl groups excluding tert-OH is 1. The van der Waals surface area contributed by atoms with Crippen molar-refractivity contribution in [2.75, 3.05) is 13.2 Å². The van der Waals surface area contributed by atoms with Gasteiger partial charge in [-0.15, -0.1) is 0 Å². The van der Waals surface area contributed by atoms with Crippen molar-refractivity contribution in [1.29, 1.82) is 0 Å². The zero-order valence-electron chi connectivity index (χ0n) is 8.19. The van der Waals surface area contributed by atoms with Gasteiger partial charge in [0, 0.05) is 19.7 Å². The Balaban J connectivity index is 2.06. The van der Waals surface area contributed by atoms with Gasteiger partial charge in [0.2, 0.25) is 0 Å². The molecular formula is C12H15NO. The smallest absolute Gasteiger partial charge is 0.0447 e. The van der Waals surface area contributed by atoms with Gasteiger partial charge in [0.05, 0.1) is 0 Å². The van der Waals surface area contributed by atoms with Crippen LogP contribution in [0.15, 0.2) is 30.5 Å². The van der Waals surface area contributed by atoms with E-state index in [-0.39, 0.29) is 6.61 Å². The Bertz CT molecular complexity index is 333. The third kappa shape index (κ3) is 1.96. The molecule has 0 unspecified atom stereocenters. The molecule has 0 bridgehead atoms. The highest BCUT2D eigenvalue weighted by Crippen LogP contribution is 2.18. The number of hydrogen-bond acceptors (Lipinski definition) is 2. The average Bonchev–Trinajstić information content (AvgIpc) is 2.26. The molecule has 0 aromatic heterocycles. The van der Waals surface area contributed by atoms with Gasteiger partial charge >= 0.3 is 0 Å². The number of aliphatic hydroxyl groups is 1. The van der Waals surface area contributed by atoms with Gasteiger partial charge < -0.3 is 10.0 Å². The molecule has 0 fully saturated rings. The van der Waals surface area contributed by atoms with E-state index in [0.717, 1.165) is 19.5 Å². The number of fused-ring (bicyclic) bond motifs is 1. The van der Waals surface area contributed by atoms with Gasteiger partial charge in [-0.25, -0.2) is 0 Å². The Morgan fingerprint density at radius 1 is 1.29 bits per heavy atom. The molecule has 0 saturated heterocycles. The number of rotatable bonds is 3. The van der Waals surface area contributed by atoms with Crippen LogP contribution in [0.2, 0.25) is 0 Å².